The monoisotopic (exact) mass is 472 g/mol. The fraction of sp³-hybridized carbons (Fsp3) is 0.261. The molecule has 9 heteroatoms. The first-order chi connectivity index (χ1) is 15.4. The van der Waals surface area contributed by atoms with Crippen molar-refractivity contribution < 1.29 is 14.3 Å². The van der Waals surface area contributed by atoms with E-state index in [0.29, 0.717) is 46.1 Å². The number of amides is 1. The van der Waals surface area contributed by atoms with Gasteiger partial charge in [-0.1, -0.05) is 35.8 Å². The highest BCUT2D eigenvalue weighted by molar-refractivity contribution is 6.41. The second-order valence-electron chi connectivity index (χ2n) is 7.37. The molecule has 4 rings (SSSR count). The van der Waals surface area contributed by atoms with Gasteiger partial charge in [-0.25, -0.2) is 9.97 Å². The molecule has 1 aliphatic heterocycles. The van der Waals surface area contributed by atoms with Crippen molar-refractivity contribution in [2.24, 2.45) is 0 Å². The molecule has 1 unspecified atom stereocenters. The van der Waals surface area contributed by atoms with Crippen molar-refractivity contribution in [3.05, 3.63) is 53.2 Å². The van der Waals surface area contributed by atoms with E-state index >= 15 is 0 Å². The van der Waals surface area contributed by atoms with Gasteiger partial charge in [-0.15, -0.1) is 0 Å². The van der Waals surface area contributed by atoms with Crippen LogP contribution in [-0.2, 0) is 4.79 Å². The molecule has 0 aliphatic carbocycles. The number of methoxy groups -OCH3 is 2. The van der Waals surface area contributed by atoms with Gasteiger partial charge in [-0.05, 0) is 30.2 Å². The zero-order valence-corrected chi connectivity index (χ0v) is 19.2. The Morgan fingerprint density at radius 1 is 1.22 bits per heavy atom. The Morgan fingerprint density at radius 3 is 2.59 bits per heavy atom. The molecule has 1 atom stereocenters. The number of rotatable bonds is 6. The third-order valence-corrected chi connectivity index (χ3v) is 6.20. The number of hydrogen-bond donors (Lipinski definition) is 1. The maximum atomic E-state index is 11.8. The number of fused-ring (bicyclic) bond motifs is 1. The summed E-state index contributed by atoms with van der Waals surface area (Å²) in [5.74, 6) is 1.40. The van der Waals surface area contributed by atoms with E-state index in [1.807, 2.05) is 18.2 Å². The standard InChI is InChI=1S/C23H22Cl2N4O3/c1-4-19(30)29-8-7-15(12-29)27-23-26-11-14-9-13(5-6-16(14)28-23)20-21(24)17(31-2)10-18(32-3)22(20)25/h4-6,9-11,15H,1,7-8,12H2,2-3H3,(H,26,27,28). The molecule has 3 aromatic rings. The van der Waals surface area contributed by atoms with Crippen LogP contribution in [0.5, 0.6) is 11.5 Å². The molecule has 0 spiro atoms. The van der Waals surface area contributed by atoms with Crippen molar-refractivity contribution in [3.8, 4) is 22.6 Å². The highest BCUT2D eigenvalue weighted by atomic mass is 35.5. The lowest BCUT2D eigenvalue weighted by atomic mass is 10.0. The highest BCUT2D eigenvalue weighted by Crippen LogP contribution is 2.46. The summed E-state index contributed by atoms with van der Waals surface area (Å²) in [4.78, 5) is 22.6. The van der Waals surface area contributed by atoms with Gasteiger partial charge in [-0.3, -0.25) is 4.79 Å². The zero-order chi connectivity index (χ0) is 22.8. The molecule has 2 aromatic carbocycles. The molecule has 32 heavy (non-hydrogen) atoms. The molecule has 2 heterocycles. The van der Waals surface area contributed by atoms with Crippen LogP contribution >= 0.6 is 23.2 Å². The summed E-state index contributed by atoms with van der Waals surface area (Å²) < 4.78 is 10.7. The highest BCUT2D eigenvalue weighted by Gasteiger charge is 2.25. The molecule has 1 aromatic heterocycles. The number of halogens is 2. The van der Waals surface area contributed by atoms with Gasteiger partial charge in [0.15, 0.2) is 0 Å². The second-order valence-corrected chi connectivity index (χ2v) is 8.13. The van der Waals surface area contributed by atoms with Gasteiger partial charge in [0.2, 0.25) is 11.9 Å². The molecular weight excluding hydrogens is 451 g/mol. The minimum Gasteiger partial charge on any atom is -0.495 e. The first-order valence-electron chi connectivity index (χ1n) is 10.00. The number of ether oxygens (including phenoxy) is 2. The van der Waals surface area contributed by atoms with Crippen molar-refractivity contribution in [1.82, 2.24) is 14.9 Å². The molecular formula is C23H22Cl2N4O3. The lowest BCUT2D eigenvalue weighted by Gasteiger charge is -2.16. The number of carbonyl (C=O) groups is 1. The van der Waals surface area contributed by atoms with E-state index in [4.69, 9.17) is 32.7 Å². The number of nitrogens with zero attached hydrogens (tertiary/aromatic N) is 3. The molecule has 1 amide bonds. The number of aromatic nitrogens is 2. The molecule has 1 saturated heterocycles. The number of hydrogen-bond acceptors (Lipinski definition) is 6. The molecule has 1 fully saturated rings. The fourth-order valence-electron chi connectivity index (χ4n) is 3.79. The summed E-state index contributed by atoms with van der Waals surface area (Å²) in [6.07, 6.45) is 3.91. The van der Waals surface area contributed by atoms with Gasteiger partial charge >= 0.3 is 0 Å². The van der Waals surface area contributed by atoms with Crippen LogP contribution in [0.4, 0.5) is 5.95 Å². The van der Waals surface area contributed by atoms with Crippen molar-refractivity contribution in [3.63, 3.8) is 0 Å². The lowest BCUT2D eigenvalue weighted by molar-refractivity contribution is -0.125. The summed E-state index contributed by atoms with van der Waals surface area (Å²) in [5, 5.41) is 4.94. The Balaban J connectivity index is 1.62. The van der Waals surface area contributed by atoms with Crippen LogP contribution in [0.25, 0.3) is 22.0 Å². The Kier molecular flexibility index (Phi) is 6.39. The number of carbonyl (C=O) groups excluding carboxylic acids is 1. The SMILES string of the molecule is C=CC(=O)N1CCC(Nc2ncc3cc(-c4c(Cl)c(OC)cc(OC)c4Cl)ccc3n2)C1. The predicted octanol–water partition coefficient (Wildman–Crippen LogP) is 4.82. The van der Waals surface area contributed by atoms with Crippen LogP contribution in [-0.4, -0.2) is 54.1 Å². The van der Waals surface area contributed by atoms with Gasteiger partial charge in [0, 0.05) is 42.3 Å². The van der Waals surface area contributed by atoms with Gasteiger partial charge in [0.1, 0.15) is 11.5 Å². The van der Waals surface area contributed by atoms with Crippen LogP contribution in [0.1, 0.15) is 6.42 Å². The van der Waals surface area contributed by atoms with Gasteiger partial charge in [0.05, 0.1) is 29.8 Å². The van der Waals surface area contributed by atoms with E-state index in [-0.39, 0.29) is 11.9 Å². The third-order valence-electron chi connectivity index (χ3n) is 5.45. The molecule has 7 nitrogen and oxygen atoms in total. The fourth-order valence-corrected chi connectivity index (χ4v) is 4.51. The summed E-state index contributed by atoms with van der Waals surface area (Å²) in [5.41, 5.74) is 2.18. The molecule has 1 N–H and O–H groups in total. The minimum absolute atomic E-state index is 0.0623. The van der Waals surface area contributed by atoms with Gasteiger partial charge in [-0.2, -0.15) is 0 Å². The van der Waals surface area contributed by atoms with E-state index in [1.165, 1.54) is 20.3 Å². The normalized spacial score (nSPS) is 15.6. The Hall–Kier alpha value is -3.03. The van der Waals surface area contributed by atoms with E-state index in [2.05, 4.69) is 21.9 Å². The van der Waals surface area contributed by atoms with Crippen molar-refractivity contribution >= 4 is 46.0 Å². The number of nitrogens with one attached hydrogen (secondary N) is 1. The maximum absolute atomic E-state index is 11.8. The predicted molar refractivity (Wildman–Crippen MR) is 127 cm³/mol. The summed E-state index contributed by atoms with van der Waals surface area (Å²) in [7, 11) is 3.08. The smallest absolute Gasteiger partial charge is 0.246 e. The largest absolute Gasteiger partial charge is 0.495 e. The van der Waals surface area contributed by atoms with E-state index < -0.39 is 0 Å². The average Bonchev–Trinajstić information content (AvgIpc) is 3.27. The van der Waals surface area contributed by atoms with Crippen LogP contribution < -0.4 is 14.8 Å². The van der Waals surface area contributed by atoms with Crippen LogP contribution in [0.3, 0.4) is 0 Å². The zero-order valence-electron chi connectivity index (χ0n) is 17.7. The van der Waals surface area contributed by atoms with E-state index in [9.17, 15) is 4.79 Å². The summed E-state index contributed by atoms with van der Waals surface area (Å²) >= 11 is 13.1. The van der Waals surface area contributed by atoms with Crippen LogP contribution in [0.2, 0.25) is 10.0 Å². The topological polar surface area (TPSA) is 76.6 Å². The number of likely N-dealkylation sites (tertiary alicyclic amines) is 1. The molecule has 166 valence electrons. The molecule has 0 radical (unpaired) electrons. The second kappa shape index (κ2) is 9.22. The molecule has 0 bridgehead atoms. The van der Waals surface area contributed by atoms with E-state index in [1.54, 1.807) is 17.2 Å². The van der Waals surface area contributed by atoms with Crippen molar-refractivity contribution in [2.45, 2.75) is 12.5 Å². The maximum Gasteiger partial charge on any atom is 0.246 e. The van der Waals surface area contributed by atoms with Crippen molar-refractivity contribution in [1.29, 1.82) is 0 Å². The van der Waals surface area contributed by atoms with Gasteiger partial charge in [0.25, 0.3) is 0 Å². The first kappa shape index (κ1) is 22.2. The summed E-state index contributed by atoms with van der Waals surface area (Å²) in [6, 6.07) is 7.45. The minimum atomic E-state index is -0.0623. The average molecular weight is 473 g/mol. The summed E-state index contributed by atoms with van der Waals surface area (Å²) in [6.45, 7) is 4.82. The van der Waals surface area contributed by atoms with E-state index in [0.717, 1.165) is 22.9 Å². The quantitative estimate of drug-likeness (QED) is 0.518. The molecule has 1 aliphatic rings. The Labute approximate surface area is 196 Å². The van der Waals surface area contributed by atoms with Crippen molar-refractivity contribution in [2.75, 3.05) is 32.6 Å². The third kappa shape index (κ3) is 4.18. The van der Waals surface area contributed by atoms with Gasteiger partial charge < -0.3 is 19.7 Å². The Bertz CT molecular complexity index is 1170. The number of benzene rings is 2. The van der Waals surface area contributed by atoms with Crippen LogP contribution in [0.15, 0.2) is 43.1 Å². The Morgan fingerprint density at radius 2 is 1.94 bits per heavy atom. The first-order valence-corrected chi connectivity index (χ1v) is 10.8. The number of anilines is 1. The molecule has 0 saturated carbocycles. The lowest BCUT2D eigenvalue weighted by Crippen LogP contribution is -2.30. The van der Waals surface area contributed by atoms with Crippen LogP contribution in [0, 0.1) is 0 Å².